The highest BCUT2D eigenvalue weighted by atomic mass is 35.5. The third-order valence-electron chi connectivity index (χ3n) is 3.61. The van der Waals surface area contributed by atoms with Gasteiger partial charge in [-0.15, -0.1) is 0 Å². The second kappa shape index (κ2) is 8.00. The van der Waals surface area contributed by atoms with E-state index < -0.39 is 15.9 Å². The van der Waals surface area contributed by atoms with Crippen molar-refractivity contribution in [2.75, 3.05) is 10.0 Å². The largest absolute Gasteiger partial charge is 0.322 e. The van der Waals surface area contributed by atoms with Gasteiger partial charge in [0.05, 0.1) is 15.6 Å². The lowest BCUT2D eigenvalue weighted by Crippen LogP contribution is -2.17. The molecular formula is C19H14Cl2N2O3S. The standard InChI is InChI=1S/C19H14Cl2N2O3S/c20-16-12-17(21)18(27(25,26)23-14-9-5-2-6-10-14)11-15(16)19(24)22-13-7-3-1-4-8-13/h1-12,23H,(H,22,24). The van der Waals surface area contributed by atoms with Crippen molar-refractivity contribution in [1.82, 2.24) is 0 Å². The summed E-state index contributed by atoms with van der Waals surface area (Å²) in [6.45, 7) is 0. The molecule has 0 aliphatic heterocycles. The van der Waals surface area contributed by atoms with E-state index in [-0.39, 0.29) is 20.5 Å². The third-order valence-corrected chi connectivity index (χ3v) is 5.77. The van der Waals surface area contributed by atoms with Crippen LogP contribution in [0.5, 0.6) is 0 Å². The average molecular weight is 421 g/mol. The van der Waals surface area contributed by atoms with Crippen molar-refractivity contribution >= 4 is 50.5 Å². The topological polar surface area (TPSA) is 75.3 Å². The van der Waals surface area contributed by atoms with Gasteiger partial charge in [0, 0.05) is 11.4 Å². The number of hydrogen-bond donors (Lipinski definition) is 2. The van der Waals surface area contributed by atoms with Crippen LogP contribution >= 0.6 is 23.2 Å². The number of para-hydroxylation sites is 2. The molecule has 0 fully saturated rings. The Morgan fingerprint density at radius 1 is 0.778 bits per heavy atom. The maximum Gasteiger partial charge on any atom is 0.263 e. The number of carbonyl (C=O) groups excluding carboxylic acids is 1. The van der Waals surface area contributed by atoms with E-state index in [1.54, 1.807) is 54.6 Å². The van der Waals surface area contributed by atoms with Gasteiger partial charge in [-0.2, -0.15) is 0 Å². The number of anilines is 2. The summed E-state index contributed by atoms with van der Waals surface area (Å²) in [5, 5.41) is 2.63. The SMILES string of the molecule is O=C(Nc1ccccc1)c1cc(S(=O)(=O)Nc2ccccc2)c(Cl)cc1Cl. The molecule has 3 aromatic carbocycles. The van der Waals surface area contributed by atoms with E-state index in [0.29, 0.717) is 11.4 Å². The van der Waals surface area contributed by atoms with E-state index in [0.717, 1.165) is 6.07 Å². The lowest BCUT2D eigenvalue weighted by molar-refractivity contribution is 0.102. The maximum absolute atomic E-state index is 12.7. The predicted molar refractivity (Wildman–Crippen MR) is 108 cm³/mol. The first-order valence-corrected chi connectivity index (χ1v) is 10.0. The van der Waals surface area contributed by atoms with E-state index in [1.165, 1.54) is 6.07 Å². The minimum absolute atomic E-state index is 0.00152. The Kier molecular flexibility index (Phi) is 5.70. The number of benzene rings is 3. The number of sulfonamides is 1. The first-order valence-electron chi connectivity index (χ1n) is 7.80. The first-order chi connectivity index (χ1) is 12.9. The summed E-state index contributed by atoms with van der Waals surface area (Å²) in [7, 11) is -4.01. The minimum atomic E-state index is -4.01. The van der Waals surface area contributed by atoms with E-state index in [2.05, 4.69) is 10.0 Å². The fourth-order valence-corrected chi connectivity index (χ4v) is 4.26. The maximum atomic E-state index is 12.7. The molecule has 0 bridgehead atoms. The van der Waals surface area contributed by atoms with E-state index in [9.17, 15) is 13.2 Å². The summed E-state index contributed by atoms with van der Waals surface area (Å²) < 4.78 is 27.8. The normalized spacial score (nSPS) is 11.0. The second-order valence-corrected chi connectivity index (χ2v) is 8.02. The van der Waals surface area contributed by atoms with Gasteiger partial charge in [0.2, 0.25) is 0 Å². The van der Waals surface area contributed by atoms with E-state index >= 15 is 0 Å². The second-order valence-electron chi connectivity index (χ2n) is 5.55. The van der Waals surface area contributed by atoms with Crippen LogP contribution in [-0.2, 0) is 10.0 Å². The molecule has 0 unspecified atom stereocenters. The number of amides is 1. The van der Waals surface area contributed by atoms with Crippen LogP contribution in [0.3, 0.4) is 0 Å². The summed E-state index contributed by atoms with van der Waals surface area (Å²) >= 11 is 12.2. The summed E-state index contributed by atoms with van der Waals surface area (Å²) in [6, 6.07) is 19.5. The average Bonchev–Trinajstić information content (AvgIpc) is 2.62. The molecule has 2 N–H and O–H groups in total. The zero-order chi connectivity index (χ0) is 19.4. The third kappa shape index (κ3) is 4.60. The Morgan fingerprint density at radius 3 is 1.93 bits per heavy atom. The molecule has 0 radical (unpaired) electrons. The highest BCUT2D eigenvalue weighted by molar-refractivity contribution is 7.92. The molecule has 0 saturated carbocycles. The highest BCUT2D eigenvalue weighted by Crippen LogP contribution is 2.30. The molecule has 0 aliphatic rings. The Balaban J connectivity index is 1.95. The number of nitrogens with one attached hydrogen (secondary N) is 2. The number of halogens is 2. The van der Waals surface area contributed by atoms with Crippen LogP contribution in [0.1, 0.15) is 10.4 Å². The fraction of sp³-hybridized carbons (Fsp3) is 0. The molecule has 8 heteroatoms. The summed E-state index contributed by atoms with van der Waals surface area (Å²) in [5.74, 6) is -0.543. The van der Waals surface area contributed by atoms with Crippen molar-refractivity contribution < 1.29 is 13.2 Å². The van der Waals surface area contributed by atoms with E-state index in [4.69, 9.17) is 23.2 Å². The molecule has 0 spiro atoms. The van der Waals surface area contributed by atoms with Gasteiger partial charge in [-0.1, -0.05) is 59.6 Å². The molecule has 3 rings (SSSR count). The Bertz CT molecular complexity index is 1070. The molecule has 138 valence electrons. The molecule has 0 saturated heterocycles. The predicted octanol–water partition coefficient (Wildman–Crippen LogP) is 5.05. The first kappa shape index (κ1) is 19.2. The zero-order valence-electron chi connectivity index (χ0n) is 13.8. The molecular weight excluding hydrogens is 407 g/mol. The van der Waals surface area contributed by atoms with Crippen LogP contribution in [0.15, 0.2) is 77.7 Å². The summed E-state index contributed by atoms with van der Waals surface area (Å²) in [6.07, 6.45) is 0. The monoisotopic (exact) mass is 420 g/mol. The molecule has 3 aromatic rings. The van der Waals surface area contributed by atoms with Crippen LogP contribution in [0.4, 0.5) is 11.4 Å². The van der Waals surface area contributed by atoms with Gasteiger partial charge in [-0.3, -0.25) is 9.52 Å². The molecule has 27 heavy (non-hydrogen) atoms. The Morgan fingerprint density at radius 2 is 1.33 bits per heavy atom. The Hall–Kier alpha value is -2.54. The van der Waals surface area contributed by atoms with Crippen LogP contribution in [0.2, 0.25) is 10.0 Å². The highest BCUT2D eigenvalue weighted by Gasteiger charge is 2.23. The van der Waals surface area contributed by atoms with Gasteiger partial charge >= 0.3 is 0 Å². The van der Waals surface area contributed by atoms with Gasteiger partial charge < -0.3 is 5.32 Å². The number of carbonyl (C=O) groups is 1. The van der Waals surface area contributed by atoms with Crippen LogP contribution < -0.4 is 10.0 Å². The van der Waals surface area contributed by atoms with Crippen molar-refractivity contribution in [3.63, 3.8) is 0 Å². The zero-order valence-corrected chi connectivity index (χ0v) is 16.1. The quantitative estimate of drug-likeness (QED) is 0.606. The number of rotatable bonds is 5. The molecule has 0 aromatic heterocycles. The van der Waals surface area contributed by atoms with Crippen molar-refractivity contribution in [3.8, 4) is 0 Å². The lowest BCUT2D eigenvalue weighted by atomic mass is 10.2. The minimum Gasteiger partial charge on any atom is -0.322 e. The van der Waals surface area contributed by atoms with Crippen molar-refractivity contribution in [2.24, 2.45) is 0 Å². The molecule has 0 atom stereocenters. The Labute approximate surface area is 167 Å². The van der Waals surface area contributed by atoms with Gasteiger partial charge in [-0.05, 0) is 36.4 Å². The van der Waals surface area contributed by atoms with Crippen LogP contribution in [0, 0.1) is 0 Å². The van der Waals surface area contributed by atoms with Gasteiger partial charge in [0.25, 0.3) is 15.9 Å². The fourth-order valence-electron chi connectivity index (χ4n) is 2.35. The van der Waals surface area contributed by atoms with Gasteiger partial charge in [-0.25, -0.2) is 8.42 Å². The molecule has 5 nitrogen and oxygen atoms in total. The smallest absolute Gasteiger partial charge is 0.263 e. The van der Waals surface area contributed by atoms with Crippen molar-refractivity contribution in [3.05, 3.63) is 88.4 Å². The van der Waals surface area contributed by atoms with Crippen molar-refractivity contribution in [1.29, 1.82) is 0 Å². The summed E-state index contributed by atoms with van der Waals surface area (Å²) in [5.41, 5.74) is 0.928. The van der Waals surface area contributed by atoms with E-state index in [1.807, 2.05) is 6.07 Å². The van der Waals surface area contributed by atoms with Crippen molar-refractivity contribution in [2.45, 2.75) is 4.90 Å². The van der Waals surface area contributed by atoms with Crippen LogP contribution in [-0.4, -0.2) is 14.3 Å². The molecule has 1 amide bonds. The summed E-state index contributed by atoms with van der Waals surface area (Å²) in [4.78, 5) is 12.3. The van der Waals surface area contributed by atoms with Crippen LogP contribution in [0.25, 0.3) is 0 Å². The molecule has 0 heterocycles. The molecule has 0 aliphatic carbocycles. The van der Waals surface area contributed by atoms with Gasteiger partial charge in [0.1, 0.15) is 4.90 Å². The lowest BCUT2D eigenvalue weighted by Gasteiger charge is -2.13. The number of hydrogen-bond acceptors (Lipinski definition) is 3. The van der Waals surface area contributed by atoms with Gasteiger partial charge in [0.15, 0.2) is 0 Å².